The van der Waals surface area contributed by atoms with Crippen LogP contribution in [-0.2, 0) is 14.8 Å². The molecule has 31 heavy (non-hydrogen) atoms. The van der Waals surface area contributed by atoms with Gasteiger partial charge in [-0.05, 0) is 25.1 Å². The lowest BCUT2D eigenvalue weighted by molar-refractivity contribution is -0.120. The first-order chi connectivity index (χ1) is 14.8. The van der Waals surface area contributed by atoms with Gasteiger partial charge >= 0.3 is 0 Å². The summed E-state index contributed by atoms with van der Waals surface area (Å²) in [5.41, 5.74) is 6.29. The number of H-pyrrole nitrogens is 1. The first-order valence-electron chi connectivity index (χ1n) is 10.0. The summed E-state index contributed by atoms with van der Waals surface area (Å²) >= 11 is 0. The molecule has 2 amide bonds. The lowest BCUT2D eigenvalue weighted by Gasteiger charge is -2.39. The maximum Gasteiger partial charge on any atom is 0.265 e. The number of hydrogen-bond acceptors (Lipinski definition) is 6. The van der Waals surface area contributed by atoms with Gasteiger partial charge in [0.05, 0.1) is 6.54 Å². The molecule has 0 bridgehead atoms. The number of aromatic nitrogens is 1. The Hall–Kier alpha value is -2.89. The minimum atomic E-state index is -3.93. The zero-order valence-corrected chi connectivity index (χ0v) is 18.2. The van der Waals surface area contributed by atoms with E-state index in [4.69, 9.17) is 5.73 Å². The van der Waals surface area contributed by atoms with Crippen molar-refractivity contribution >= 4 is 27.5 Å². The number of carbonyl (C=O) groups excluding carboxylic acids is 2. The Kier molecular flexibility index (Phi) is 7.31. The van der Waals surface area contributed by atoms with Crippen LogP contribution < -0.4 is 20.7 Å². The number of nitrogens with one attached hydrogen (secondary N) is 3. The Labute approximate surface area is 181 Å². The number of piperazine rings is 1. The fourth-order valence-corrected chi connectivity index (χ4v) is 4.40. The van der Waals surface area contributed by atoms with Gasteiger partial charge in [-0.2, -0.15) is 0 Å². The summed E-state index contributed by atoms with van der Waals surface area (Å²) in [5, 5.41) is 2.77. The lowest BCUT2D eigenvalue weighted by atomic mass is 10.2. The van der Waals surface area contributed by atoms with Crippen molar-refractivity contribution in [1.82, 2.24) is 19.9 Å². The molecule has 1 atom stereocenters. The predicted molar refractivity (Wildman–Crippen MR) is 117 cm³/mol. The van der Waals surface area contributed by atoms with Gasteiger partial charge in [0, 0.05) is 50.6 Å². The Morgan fingerprint density at radius 2 is 1.84 bits per heavy atom. The zero-order chi connectivity index (χ0) is 22.4. The molecule has 1 fully saturated rings. The number of carbonyl (C=O) groups is 2. The summed E-state index contributed by atoms with van der Waals surface area (Å²) < 4.78 is 26.7. The summed E-state index contributed by atoms with van der Waals surface area (Å²) in [6.07, 6.45) is 1.15. The molecule has 1 aromatic heterocycles. The summed E-state index contributed by atoms with van der Waals surface area (Å²) in [6.45, 7) is 5.64. The minimum absolute atomic E-state index is 0.0222. The molecule has 168 valence electrons. The number of para-hydroxylation sites is 1. The number of rotatable bonds is 9. The Morgan fingerprint density at radius 1 is 1.16 bits per heavy atom. The van der Waals surface area contributed by atoms with Gasteiger partial charge in [-0.25, -0.2) is 13.1 Å². The van der Waals surface area contributed by atoms with Crippen molar-refractivity contribution in [2.24, 2.45) is 5.73 Å². The van der Waals surface area contributed by atoms with E-state index in [0.717, 1.165) is 38.4 Å². The third-order valence-corrected chi connectivity index (χ3v) is 6.69. The number of sulfonamides is 1. The topological polar surface area (TPSA) is 141 Å². The second-order valence-electron chi connectivity index (χ2n) is 7.45. The fourth-order valence-electron chi connectivity index (χ4n) is 3.43. The molecule has 0 saturated carbocycles. The van der Waals surface area contributed by atoms with E-state index in [1.54, 1.807) is 0 Å². The van der Waals surface area contributed by atoms with Gasteiger partial charge < -0.3 is 20.9 Å². The largest absolute Gasteiger partial charge is 0.369 e. The molecule has 5 N–H and O–H groups in total. The number of hydrogen-bond donors (Lipinski definition) is 4. The van der Waals surface area contributed by atoms with E-state index in [1.807, 2.05) is 25.1 Å². The third kappa shape index (κ3) is 6.06. The summed E-state index contributed by atoms with van der Waals surface area (Å²) in [7, 11) is -3.93. The van der Waals surface area contributed by atoms with Gasteiger partial charge in [0.15, 0.2) is 0 Å². The van der Waals surface area contributed by atoms with E-state index in [2.05, 4.69) is 37.0 Å². The summed E-state index contributed by atoms with van der Waals surface area (Å²) in [4.78, 5) is 30.2. The molecule has 0 spiro atoms. The summed E-state index contributed by atoms with van der Waals surface area (Å²) in [5.74, 6) is -1.19. The Morgan fingerprint density at radius 3 is 2.45 bits per heavy atom. The van der Waals surface area contributed by atoms with E-state index in [0.29, 0.717) is 6.54 Å². The van der Waals surface area contributed by atoms with Gasteiger partial charge in [-0.3, -0.25) is 14.5 Å². The van der Waals surface area contributed by atoms with Gasteiger partial charge in [0.1, 0.15) is 10.6 Å². The van der Waals surface area contributed by atoms with Crippen molar-refractivity contribution in [3.8, 4) is 0 Å². The average molecular weight is 449 g/mol. The SMILES string of the molecule is CC(CNC(=O)CNS(=O)(=O)c1c[nH]c(C(N)=O)c1)N1CCN(c2ccccc2)CC1. The van der Waals surface area contributed by atoms with Gasteiger partial charge in [-0.15, -0.1) is 0 Å². The highest BCUT2D eigenvalue weighted by atomic mass is 32.2. The molecule has 1 saturated heterocycles. The predicted octanol–water partition coefficient (Wildman–Crippen LogP) is -0.281. The van der Waals surface area contributed by atoms with E-state index >= 15 is 0 Å². The van der Waals surface area contributed by atoms with Crippen LogP contribution in [-0.4, -0.2) is 75.4 Å². The Balaban J connectivity index is 1.40. The third-order valence-electron chi connectivity index (χ3n) is 5.31. The van der Waals surface area contributed by atoms with Crippen LogP contribution in [0.2, 0.25) is 0 Å². The van der Waals surface area contributed by atoms with Crippen molar-refractivity contribution in [3.05, 3.63) is 48.3 Å². The number of anilines is 1. The van der Waals surface area contributed by atoms with Crippen LogP contribution >= 0.6 is 0 Å². The molecule has 11 heteroatoms. The van der Waals surface area contributed by atoms with Crippen molar-refractivity contribution in [2.45, 2.75) is 17.9 Å². The van der Waals surface area contributed by atoms with Crippen LogP contribution in [0.1, 0.15) is 17.4 Å². The van der Waals surface area contributed by atoms with Gasteiger partial charge in [-0.1, -0.05) is 18.2 Å². The molecule has 3 rings (SSSR count). The monoisotopic (exact) mass is 448 g/mol. The molecule has 10 nitrogen and oxygen atoms in total. The standard InChI is InChI=1S/C20H28N6O4S/c1-15(25-7-9-26(10-8-25)16-5-3-2-4-6-16)12-23-19(27)14-24-31(29,30)17-11-18(20(21)28)22-13-17/h2-6,11,13,15,22,24H,7-10,12,14H2,1H3,(H2,21,28)(H,23,27). The molecule has 0 aliphatic carbocycles. The molecule has 1 aromatic carbocycles. The molecule has 1 unspecified atom stereocenters. The first kappa shape index (κ1) is 22.8. The van der Waals surface area contributed by atoms with Gasteiger partial charge in [0.25, 0.3) is 5.91 Å². The molecule has 2 aromatic rings. The van der Waals surface area contributed by atoms with Crippen molar-refractivity contribution in [2.75, 3.05) is 44.2 Å². The quantitative estimate of drug-likeness (QED) is 0.416. The van der Waals surface area contributed by atoms with E-state index in [1.165, 1.54) is 5.69 Å². The second-order valence-corrected chi connectivity index (χ2v) is 9.22. The smallest absolute Gasteiger partial charge is 0.265 e. The van der Waals surface area contributed by atoms with Crippen LogP contribution in [0.4, 0.5) is 5.69 Å². The number of aromatic amines is 1. The average Bonchev–Trinajstić information content (AvgIpc) is 3.29. The maximum atomic E-state index is 12.2. The number of nitrogens with zero attached hydrogens (tertiary/aromatic N) is 2. The maximum absolute atomic E-state index is 12.2. The van der Waals surface area contributed by atoms with E-state index in [9.17, 15) is 18.0 Å². The highest BCUT2D eigenvalue weighted by Gasteiger charge is 2.22. The molecule has 0 radical (unpaired) electrons. The van der Waals surface area contributed by atoms with Crippen LogP contribution in [0.15, 0.2) is 47.5 Å². The second kappa shape index (κ2) is 9.94. The van der Waals surface area contributed by atoms with E-state index in [-0.39, 0.29) is 16.6 Å². The highest BCUT2D eigenvalue weighted by Crippen LogP contribution is 2.16. The first-order valence-corrected chi connectivity index (χ1v) is 11.5. The van der Waals surface area contributed by atoms with Gasteiger partial charge in [0.2, 0.25) is 15.9 Å². The van der Waals surface area contributed by atoms with E-state index < -0.39 is 28.4 Å². The van der Waals surface area contributed by atoms with Crippen LogP contribution in [0, 0.1) is 0 Å². The van der Waals surface area contributed by atoms with Crippen molar-refractivity contribution in [3.63, 3.8) is 0 Å². The number of amides is 2. The normalized spacial score (nSPS) is 16.1. The molecule has 1 aliphatic rings. The number of primary amides is 1. The fraction of sp³-hybridized carbons (Fsp3) is 0.400. The molecule has 2 heterocycles. The van der Waals surface area contributed by atoms with Crippen LogP contribution in [0.25, 0.3) is 0 Å². The summed E-state index contributed by atoms with van der Waals surface area (Å²) in [6, 6.07) is 11.5. The minimum Gasteiger partial charge on any atom is -0.369 e. The molecule has 1 aliphatic heterocycles. The molecular weight excluding hydrogens is 420 g/mol. The van der Waals surface area contributed by atoms with Crippen molar-refractivity contribution in [1.29, 1.82) is 0 Å². The Bertz CT molecular complexity index is 1000. The van der Waals surface area contributed by atoms with Crippen molar-refractivity contribution < 1.29 is 18.0 Å². The number of nitrogens with two attached hydrogens (primary N) is 1. The zero-order valence-electron chi connectivity index (χ0n) is 17.4. The molecular formula is C20H28N6O4S. The highest BCUT2D eigenvalue weighted by molar-refractivity contribution is 7.89. The van der Waals surface area contributed by atoms with Crippen LogP contribution in [0.3, 0.4) is 0 Å². The van der Waals surface area contributed by atoms with Crippen LogP contribution in [0.5, 0.6) is 0 Å². The number of benzene rings is 1. The lowest BCUT2D eigenvalue weighted by Crippen LogP contribution is -2.52.